The van der Waals surface area contributed by atoms with Gasteiger partial charge in [0.15, 0.2) is 0 Å². The van der Waals surface area contributed by atoms with Gasteiger partial charge in [0.05, 0.1) is 17.7 Å². The van der Waals surface area contributed by atoms with Gasteiger partial charge < -0.3 is 9.73 Å². The standard InChI is InChI=1S/C19H13N3O4S/c20-11-14(19(23)21-12-16-5-2-8-26-16)10-17-6-7-18(27-17)13-3-1-4-15(9-13)22(24)25/h1-10H,12H2,(H,21,23)/b14-10+. The molecule has 3 rings (SSSR count). The highest BCUT2D eigenvalue weighted by atomic mass is 32.1. The summed E-state index contributed by atoms with van der Waals surface area (Å²) in [6.07, 6.45) is 2.99. The Hall–Kier alpha value is -3.70. The Kier molecular flexibility index (Phi) is 5.44. The van der Waals surface area contributed by atoms with Gasteiger partial charge >= 0.3 is 0 Å². The molecule has 1 amide bonds. The molecule has 1 N–H and O–H groups in total. The molecule has 0 unspecified atom stereocenters. The molecule has 2 heterocycles. The molecule has 8 heteroatoms. The Morgan fingerprint density at radius 2 is 2.15 bits per heavy atom. The molecule has 3 aromatic rings. The van der Waals surface area contributed by atoms with E-state index in [2.05, 4.69) is 5.32 Å². The number of carbonyl (C=O) groups is 1. The lowest BCUT2D eigenvalue weighted by Gasteiger charge is -2.01. The zero-order valence-corrected chi connectivity index (χ0v) is 14.7. The van der Waals surface area contributed by atoms with Crippen LogP contribution in [0.3, 0.4) is 0 Å². The predicted octanol–water partition coefficient (Wildman–Crippen LogP) is 4.14. The second-order valence-electron chi connectivity index (χ2n) is 5.44. The fourth-order valence-electron chi connectivity index (χ4n) is 2.32. The zero-order valence-electron chi connectivity index (χ0n) is 13.9. The first-order valence-electron chi connectivity index (χ1n) is 7.84. The molecule has 2 aromatic heterocycles. The fraction of sp³-hybridized carbons (Fsp3) is 0.0526. The van der Waals surface area contributed by atoms with Crippen LogP contribution in [-0.2, 0) is 11.3 Å². The third-order valence-electron chi connectivity index (χ3n) is 3.62. The molecule has 0 saturated heterocycles. The van der Waals surface area contributed by atoms with Crippen LogP contribution in [0.25, 0.3) is 16.5 Å². The number of benzene rings is 1. The average Bonchev–Trinajstić information content (AvgIpc) is 3.36. The third-order valence-corrected chi connectivity index (χ3v) is 4.70. The maximum atomic E-state index is 12.2. The van der Waals surface area contributed by atoms with Gasteiger partial charge in [0.1, 0.15) is 17.4 Å². The lowest BCUT2D eigenvalue weighted by atomic mass is 10.1. The molecular weight excluding hydrogens is 366 g/mol. The van der Waals surface area contributed by atoms with Crippen molar-refractivity contribution in [2.75, 3.05) is 0 Å². The van der Waals surface area contributed by atoms with Gasteiger partial charge in [-0.05, 0) is 35.9 Å². The third kappa shape index (κ3) is 4.48. The first-order chi connectivity index (χ1) is 13.1. The number of nitrogens with one attached hydrogen (secondary N) is 1. The first-order valence-corrected chi connectivity index (χ1v) is 8.65. The molecule has 134 valence electrons. The quantitative estimate of drug-likeness (QED) is 0.300. The van der Waals surface area contributed by atoms with Gasteiger partial charge in [0.2, 0.25) is 0 Å². The maximum Gasteiger partial charge on any atom is 0.270 e. The molecule has 0 atom stereocenters. The minimum atomic E-state index is -0.501. The number of nitro benzene ring substituents is 1. The smallest absolute Gasteiger partial charge is 0.270 e. The first kappa shape index (κ1) is 18.1. The zero-order chi connectivity index (χ0) is 19.2. The predicted molar refractivity (Wildman–Crippen MR) is 101 cm³/mol. The number of nitriles is 1. The second kappa shape index (κ2) is 8.12. The van der Waals surface area contributed by atoms with Crippen LogP contribution in [0.15, 0.2) is 64.8 Å². The van der Waals surface area contributed by atoms with Crippen LogP contribution < -0.4 is 5.32 Å². The van der Waals surface area contributed by atoms with E-state index in [9.17, 15) is 20.2 Å². The van der Waals surface area contributed by atoms with Gasteiger partial charge in [0, 0.05) is 21.9 Å². The molecule has 0 aliphatic heterocycles. The van der Waals surface area contributed by atoms with E-state index in [0.29, 0.717) is 16.2 Å². The Morgan fingerprint density at radius 3 is 2.85 bits per heavy atom. The minimum Gasteiger partial charge on any atom is -0.467 e. The summed E-state index contributed by atoms with van der Waals surface area (Å²) in [6, 6.07) is 15.2. The summed E-state index contributed by atoms with van der Waals surface area (Å²) in [7, 11) is 0. The van der Waals surface area contributed by atoms with E-state index in [1.165, 1.54) is 35.8 Å². The van der Waals surface area contributed by atoms with Crippen molar-refractivity contribution in [3.63, 3.8) is 0 Å². The Labute approximate surface area is 158 Å². The summed E-state index contributed by atoms with van der Waals surface area (Å²) in [5, 5.41) is 22.8. The second-order valence-corrected chi connectivity index (χ2v) is 6.56. The fourth-order valence-corrected chi connectivity index (χ4v) is 3.27. The number of hydrogen-bond donors (Lipinski definition) is 1. The molecular formula is C19H13N3O4S. The normalized spacial score (nSPS) is 11.0. The number of thiophene rings is 1. The molecule has 0 spiro atoms. The van der Waals surface area contributed by atoms with E-state index in [0.717, 1.165) is 4.88 Å². The number of amides is 1. The molecule has 7 nitrogen and oxygen atoms in total. The number of furan rings is 1. The summed E-state index contributed by atoms with van der Waals surface area (Å²) >= 11 is 1.33. The van der Waals surface area contributed by atoms with E-state index in [1.54, 1.807) is 36.4 Å². The summed E-state index contributed by atoms with van der Waals surface area (Å²) in [5.74, 6) is 0.0870. The van der Waals surface area contributed by atoms with E-state index >= 15 is 0 Å². The van der Waals surface area contributed by atoms with Crippen molar-refractivity contribution in [1.82, 2.24) is 5.32 Å². The van der Waals surface area contributed by atoms with Crippen LogP contribution in [0.2, 0.25) is 0 Å². The lowest BCUT2D eigenvalue weighted by molar-refractivity contribution is -0.384. The highest BCUT2D eigenvalue weighted by Crippen LogP contribution is 2.31. The maximum absolute atomic E-state index is 12.2. The Morgan fingerprint density at radius 1 is 1.30 bits per heavy atom. The SMILES string of the molecule is N#C/C(=C\c1ccc(-c2cccc([N+](=O)[O-])c2)s1)C(=O)NCc1ccco1. The largest absolute Gasteiger partial charge is 0.467 e. The van der Waals surface area contributed by atoms with Crippen LogP contribution in [0.1, 0.15) is 10.6 Å². The number of hydrogen-bond acceptors (Lipinski definition) is 6. The molecule has 1 aromatic carbocycles. The van der Waals surface area contributed by atoms with E-state index < -0.39 is 10.8 Å². The number of nitro groups is 1. The molecule has 0 bridgehead atoms. The lowest BCUT2D eigenvalue weighted by Crippen LogP contribution is -2.23. The van der Waals surface area contributed by atoms with Crippen molar-refractivity contribution in [2.24, 2.45) is 0 Å². The highest BCUT2D eigenvalue weighted by molar-refractivity contribution is 7.16. The van der Waals surface area contributed by atoms with E-state index in [-0.39, 0.29) is 17.8 Å². The van der Waals surface area contributed by atoms with Crippen molar-refractivity contribution in [2.45, 2.75) is 6.54 Å². The Balaban J connectivity index is 1.76. The van der Waals surface area contributed by atoms with Crippen molar-refractivity contribution in [1.29, 1.82) is 5.26 Å². The molecule has 0 aliphatic carbocycles. The van der Waals surface area contributed by atoms with Crippen LogP contribution in [0.5, 0.6) is 0 Å². The molecule has 0 fully saturated rings. The van der Waals surface area contributed by atoms with Crippen molar-refractivity contribution >= 4 is 29.0 Å². The topological polar surface area (TPSA) is 109 Å². The number of nitrogens with zero attached hydrogens (tertiary/aromatic N) is 2. The van der Waals surface area contributed by atoms with Gasteiger partial charge in [-0.1, -0.05) is 12.1 Å². The van der Waals surface area contributed by atoms with E-state index in [4.69, 9.17) is 4.42 Å². The van der Waals surface area contributed by atoms with Crippen LogP contribution in [-0.4, -0.2) is 10.8 Å². The number of rotatable bonds is 6. The molecule has 0 radical (unpaired) electrons. The van der Waals surface area contributed by atoms with Crippen LogP contribution in [0, 0.1) is 21.4 Å². The summed E-state index contributed by atoms with van der Waals surface area (Å²) in [4.78, 5) is 24.1. The number of non-ortho nitro benzene ring substituents is 1. The summed E-state index contributed by atoms with van der Waals surface area (Å²) in [6.45, 7) is 0.189. The van der Waals surface area contributed by atoms with Crippen molar-refractivity contribution < 1.29 is 14.1 Å². The van der Waals surface area contributed by atoms with Gasteiger partial charge in [0.25, 0.3) is 11.6 Å². The average molecular weight is 379 g/mol. The van der Waals surface area contributed by atoms with Gasteiger partial charge in [-0.3, -0.25) is 14.9 Å². The Bertz CT molecular complexity index is 1050. The van der Waals surface area contributed by atoms with E-state index in [1.807, 2.05) is 6.07 Å². The summed E-state index contributed by atoms with van der Waals surface area (Å²) in [5.41, 5.74) is 0.677. The van der Waals surface area contributed by atoms with Gasteiger partial charge in [-0.2, -0.15) is 5.26 Å². The van der Waals surface area contributed by atoms with Gasteiger partial charge in [-0.15, -0.1) is 11.3 Å². The van der Waals surface area contributed by atoms with Crippen LogP contribution >= 0.6 is 11.3 Å². The van der Waals surface area contributed by atoms with Gasteiger partial charge in [-0.25, -0.2) is 0 Å². The number of carbonyl (C=O) groups excluding carboxylic acids is 1. The molecule has 0 aliphatic rings. The van der Waals surface area contributed by atoms with Crippen LogP contribution in [0.4, 0.5) is 5.69 Å². The monoisotopic (exact) mass is 379 g/mol. The van der Waals surface area contributed by atoms with Crippen molar-refractivity contribution in [3.8, 4) is 16.5 Å². The highest BCUT2D eigenvalue weighted by Gasteiger charge is 2.12. The molecule has 27 heavy (non-hydrogen) atoms. The summed E-state index contributed by atoms with van der Waals surface area (Å²) < 4.78 is 5.13. The molecule has 0 saturated carbocycles. The van der Waals surface area contributed by atoms with Crippen molar-refractivity contribution in [3.05, 3.63) is 81.1 Å². The minimum absolute atomic E-state index is 0.00742.